The Balaban J connectivity index is 1.72. The van der Waals surface area contributed by atoms with E-state index in [9.17, 15) is 18.3 Å². The fourth-order valence-electron chi connectivity index (χ4n) is 2.54. The van der Waals surface area contributed by atoms with E-state index in [-0.39, 0.29) is 12.3 Å². The first-order chi connectivity index (χ1) is 12.9. The van der Waals surface area contributed by atoms with Crippen molar-refractivity contribution < 1.29 is 23.0 Å². The molecule has 3 N–H and O–H groups in total. The Bertz CT molecular complexity index is 812. The first-order valence-electron chi connectivity index (χ1n) is 8.13. The molecule has 0 aliphatic carbocycles. The van der Waals surface area contributed by atoms with E-state index >= 15 is 0 Å². The molecule has 0 aromatic heterocycles. The Labute approximate surface area is 158 Å². The number of hydrogen-bond donors (Lipinski definition) is 3. The van der Waals surface area contributed by atoms with Gasteiger partial charge in [-0.25, -0.2) is 0 Å². The Morgan fingerprint density at radius 3 is 2.56 bits per heavy atom. The lowest BCUT2D eigenvalue weighted by atomic mass is 10.1. The lowest BCUT2D eigenvalue weighted by molar-refractivity contribution is -0.137. The molecule has 1 aliphatic heterocycles. The number of hydrogen-bond acceptors (Lipinski definition) is 5. The van der Waals surface area contributed by atoms with Crippen molar-refractivity contribution in [3.05, 3.63) is 59.7 Å². The summed E-state index contributed by atoms with van der Waals surface area (Å²) < 4.78 is 43.7. The molecule has 0 fully saturated rings. The molecule has 2 aromatic carbocycles. The van der Waals surface area contributed by atoms with Crippen LogP contribution in [0.5, 0.6) is 0 Å². The molecular formula is C18H17ClF3N3O2. The van der Waals surface area contributed by atoms with E-state index in [1.54, 1.807) is 18.2 Å². The fraction of sp³-hybridized carbons (Fsp3) is 0.278. The second kappa shape index (κ2) is 8.06. The van der Waals surface area contributed by atoms with Gasteiger partial charge in [-0.1, -0.05) is 18.2 Å². The molecule has 0 amide bonds. The molecule has 0 bridgehead atoms. The molecule has 2 unspecified atom stereocenters. The van der Waals surface area contributed by atoms with Crippen molar-refractivity contribution in [2.75, 3.05) is 11.2 Å². The summed E-state index contributed by atoms with van der Waals surface area (Å²) in [5.41, 5.74) is 4.00. The highest BCUT2D eigenvalue weighted by Crippen LogP contribution is 2.32. The molecule has 5 nitrogen and oxygen atoms in total. The summed E-state index contributed by atoms with van der Waals surface area (Å²) in [6, 6.07) is 12.0. The summed E-state index contributed by atoms with van der Waals surface area (Å²) in [7, 11) is 0. The van der Waals surface area contributed by atoms with Crippen LogP contribution >= 0.6 is 11.6 Å². The summed E-state index contributed by atoms with van der Waals surface area (Å²) in [6.45, 7) is 0. The lowest BCUT2D eigenvalue weighted by Gasteiger charge is -2.17. The zero-order valence-corrected chi connectivity index (χ0v) is 14.8. The van der Waals surface area contributed by atoms with Gasteiger partial charge in [-0.2, -0.15) is 13.2 Å². The summed E-state index contributed by atoms with van der Waals surface area (Å²) in [5, 5.41) is 16.7. The van der Waals surface area contributed by atoms with Crippen molar-refractivity contribution in [3.8, 4) is 0 Å². The van der Waals surface area contributed by atoms with Crippen LogP contribution in [0, 0.1) is 0 Å². The number of para-hydroxylation sites is 1. The van der Waals surface area contributed by atoms with Crippen molar-refractivity contribution in [2.45, 2.75) is 24.9 Å². The molecule has 144 valence electrons. The van der Waals surface area contributed by atoms with Gasteiger partial charge >= 0.3 is 6.18 Å². The number of ether oxygens (including phenoxy) is 1. The monoisotopic (exact) mass is 399 g/mol. The Kier molecular flexibility index (Phi) is 5.76. The maximum atomic E-state index is 12.7. The number of aliphatic hydroxyl groups excluding tert-OH is 1. The predicted octanol–water partition coefficient (Wildman–Crippen LogP) is 4.37. The molecule has 27 heavy (non-hydrogen) atoms. The van der Waals surface area contributed by atoms with Crippen LogP contribution in [0.1, 0.15) is 23.8 Å². The third-order valence-electron chi connectivity index (χ3n) is 3.88. The van der Waals surface area contributed by atoms with Crippen molar-refractivity contribution >= 4 is 28.9 Å². The predicted molar refractivity (Wildman–Crippen MR) is 96.9 cm³/mol. The summed E-state index contributed by atoms with van der Waals surface area (Å²) in [6.07, 6.45) is -5.53. The highest BCUT2D eigenvalue weighted by Gasteiger charge is 2.30. The van der Waals surface area contributed by atoms with Gasteiger partial charge in [0.15, 0.2) is 0 Å². The quantitative estimate of drug-likeness (QED) is 0.631. The molecule has 1 heterocycles. The third-order valence-corrected chi connectivity index (χ3v) is 4.24. The maximum absolute atomic E-state index is 12.7. The number of benzene rings is 2. The first kappa shape index (κ1) is 19.3. The molecule has 0 spiro atoms. The van der Waals surface area contributed by atoms with Crippen LogP contribution < -0.4 is 10.7 Å². The number of nitrogens with zero attached hydrogens (tertiary/aromatic N) is 1. The van der Waals surface area contributed by atoms with Gasteiger partial charge in [-0.3, -0.25) is 5.43 Å². The number of anilines is 2. The summed E-state index contributed by atoms with van der Waals surface area (Å²) >= 11 is 5.58. The van der Waals surface area contributed by atoms with E-state index in [0.717, 1.165) is 17.7 Å². The van der Waals surface area contributed by atoms with E-state index in [1.165, 1.54) is 12.1 Å². The fourth-order valence-corrected chi connectivity index (χ4v) is 2.65. The van der Waals surface area contributed by atoms with Crippen LogP contribution in [0.2, 0.25) is 0 Å². The minimum Gasteiger partial charge on any atom is -0.450 e. The Morgan fingerprint density at radius 1 is 1.19 bits per heavy atom. The van der Waals surface area contributed by atoms with Crippen molar-refractivity contribution in [2.24, 2.45) is 5.10 Å². The van der Waals surface area contributed by atoms with E-state index in [1.807, 2.05) is 6.07 Å². The molecule has 2 atom stereocenters. The maximum Gasteiger partial charge on any atom is 0.416 e. The number of hydrazone groups is 1. The highest BCUT2D eigenvalue weighted by molar-refractivity contribution is 6.18. The van der Waals surface area contributed by atoms with E-state index in [0.29, 0.717) is 17.3 Å². The molecule has 0 saturated heterocycles. The highest BCUT2D eigenvalue weighted by atomic mass is 35.5. The van der Waals surface area contributed by atoms with E-state index in [4.69, 9.17) is 16.3 Å². The zero-order valence-electron chi connectivity index (χ0n) is 14.0. The van der Waals surface area contributed by atoms with Crippen LogP contribution in [0.25, 0.3) is 0 Å². The van der Waals surface area contributed by atoms with Crippen LogP contribution in [0.15, 0.2) is 53.6 Å². The summed E-state index contributed by atoms with van der Waals surface area (Å²) in [4.78, 5) is 0. The smallest absolute Gasteiger partial charge is 0.416 e. The molecule has 0 saturated carbocycles. The normalized spacial score (nSPS) is 17.7. The van der Waals surface area contributed by atoms with Gasteiger partial charge in [0.2, 0.25) is 12.1 Å². The van der Waals surface area contributed by atoms with Crippen LogP contribution in [-0.2, 0) is 10.9 Å². The van der Waals surface area contributed by atoms with Gasteiger partial charge in [0, 0.05) is 22.8 Å². The minimum absolute atomic E-state index is 0.0686. The SMILES string of the molecule is OC(CCl)CC1=NNC(c2ccccc2Nc2ccc(C(F)(F)F)cc2)O1. The summed E-state index contributed by atoms with van der Waals surface area (Å²) in [5.74, 6) is 0.400. The van der Waals surface area contributed by atoms with Gasteiger partial charge in [0.25, 0.3) is 0 Å². The second-order valence-electron chi connectivity index (χ2n) is 5.93. The second-order valence-corrected chi connectivity index (χ2v) is 6.24. The van der Waals surface area contributed by atoms with Gasteiger partial charge in [0.1, 0.15) is 0 Å². The van der Waals surface area contributed by atoms with Crippen LogP contribution in [0.3, 0.4) is 0 Å². The Morgan fingerprint density at radius 2 is 1.89 bits per heavy atom. The molecule has 0 radical (unpaired) electrons. The average molecular weight is 400 g/mol. The molecule has 2 aromatic rings. The lowest BCUT2D eigenvalue weighted by Crippen LogP contribution is -2.17. The van der Waals surface area contributed by atoms with Crippen molar-refractivity contribution in [1.82, 2.24) is 5.43 Å². The van der Waals surface area contributed by atoms with Gasteiger partial charge in [-0.05, 0) is 30.3 Å². The Hall–Kier alpha value is -2.45. The standard InChI is InChI=1S/C18H17ClF3N3O2/c19-10-13(26)9-16-24-25-17(27-16)14-3-1-2-4-15(14)23-12-7-5-11(6-8-12)18(20,21)22/h1-8,13,17,23,25-26H,9-10H2. The van der Waals surface area contributed by atoms with Gasteiger partial charge < -0.3 is 15.2 Å². The first-order valence-corrected chi connectivity index (χ1v) is 8.66. The van der Waals surface area contributed by atoms with Crippen molar-refractivity contribution in [1.29, 1.82) is 0 Å². The van der Waals surface area contributed by atoms with Gasteiger partial charge in [0.05, 0.1) is 18.1 Å². The number of rotatable bonds is 6. The van der Waals surface area contributed by atoms with Crippen molar-refractivity contribution in [3.63, 3.8) is 0 Å². The average Bonchev–Trinajstić information content (AvgIpc) is 3.10. The number of aliphatic hydroxyl groups is 1. The zero-order chi connectivity index (χ0) is 19.4. The molecule has 1 aliphatic rings. The van der Waals surface area contributed by atoms with E-state index in [2.05, 4.69) is 15.8 Å². The molecular weight excluding hydrogens is 383 g/mol. The number of alkyl halides is 4. The van der Waals surface area contributed by atoms with Gasteiger partial charge in [-0.15, -0.1) is 16.7 Å². The largest absolute Gasteiger partial charge is 0.450 e. The van der Waals surface area contributed by atoms with Crippen LogP contribution in [0.4, 0.5) is 24.5 Å². The third kappa shape index (κ3) is 4.84. The number of nitrogens with one attached hydrogen (secondary N) is 2. The van der Waals surface area contributed by atoms with E-state index < -0.39 is 24.1 Å². The van der Waals surface area contributed by atoms with Crippen LogP contribution in [-0.4, -0.2) is 23.0 Å². The molecule has 3 rings (SSSR count). The minimum atomic E-state index is -4.38. The molecule has 9 heteroatoms. The number of halogens is 4. The topological polar surface area (TPSA) is 65.9 Å².